The van der Waals surface area contributed by atoms with Gasteiger partial charge in [0.25, 0.3) is 0 Å². The Hall–Kier alpha value is -1.82. The van der Waals surface area contributed by atoms with Crippen molar-refractivity contribution in [1.82, 2.24) is 15.6 Å². The molecule has 0 radical (unpaired) electrons. The van der Waals surface area contributed by atoms with Gasteiger partial charge in [0.15, 0.2) is 5.96 Å². The third-order valence-electron chi connectivity index (χ3n) is 3.30. The highest BCUT2D eigenvalue weighted by Gasteiger charge is 1.97. The van der Waals surface area contributed by atoms with Crippen LogP contribution in [0, 0.1) is 0 Å². The summed E-state index contributed by atoms with van der Waals surface area (Å²) >= 11 is 0. The molecule has 1 heterocycles. The molecule has 0 aromatic carbocycles. The molecule has 0 aliphatic rings. The standard InChI is InChI=1S/C17H31N5O/c1-3-23-15-9-8-14-22-17(18-2)21-13-7-6-12-20-16-10-4-5-11-19-16/h4-5,10-11H,3,6-9,12-15H2,1-2H3,(H,19,20)(H2,18,21,22). The number of aliphatic imine (C=N–C) groups is 1. The van der Waals surface area contributed by atoms with Crippen molar-refractivity contribution in [3.8, 4) is 0 Å². The SMILES string of the molecule is CCOCCCCNC(=NC)NCCCCNc1ccccn1. The second kappa shape index (κ2) is 13.8. The monoisotopic (exact) mass is 321 g/mol. The second-order valence-electron chi connectivity index (χ2n) is 5.18. The van der Waals surface area contributed by atoms with Gasteiger partial charge in [-0.05, 0) is 44.7 Å². The molecular weight excluding hydrogens is 290 g/mol. The number of nitrogens with one attached hydrogen (secondary N) is 3. The van der Waals surface area contributed by atoms with Crippen LogP contribution in [-0.2, 0) is 4.74 Å². The van der Waals surface area contributed by atoms with Gasteiger partial charge in [0.1, 0.15) is 5.82 Å². The molecule has 6 heteroatoms. The van der Waals surface area contributed by atoms with Crippen LogP contribution in [0.1, 0.15) is 32.6 Å². The molecule has 0 amide bonds. The van der Waals surface area contributed by atoms with E-state index in [9.17, 15) is 0 Å². The first-order valence-corrected chi connectivity index (χ1v) is 8.54. The van der Waals surface area contributed by atoms with Crippen molar-refractivity contribution in [2.24, 2.45) is 4.99 Å². The maximum Gasteiger partial charge on any atom is 0.190 e. The predicted octanol–water partition coefficient (Wildman–Crippen LogP) is 2.26. The lowest BCUT2D eigenvalue weighted by Gasteiger charge is -2.12. The molecule has 3 N–H and O–H groups in total. The minimum absolute atomic E-state index is 0.797. The Labute approximate surface area is 140 Å². The third kappa shape index (κ3) is 10.5. The van der Waals surface area contributed by atoms with Gasteiger partial charge in [-0.1, -0.05) is 6.07 Å². The molecule has 0 aliphatic heterocycles. The molecule has 1 aromatic heterocycles. The molecule has 0 aliphatic carbocycles. The zero-order valence-electron chi connectivity index (χ0n) is 14.5. The van der Waals surface area contributed by atoms with Gasteiger partial charge in [0, 0.05) is 46.1 Å². The molecular formula is C17H31N5O. The fourth-order valence-corrected chi connectivity index (χ4v) is 2.04. The van der Waals surface area contributed by atoms with Gasteiger partial charge in [-0.3, -0.25) is 4.99 Å². The lowest BCUT2D eigenvalue weighted by atomic mass is 10.3. The van der Waals surface area contributed by atoms with E-state index in [0.29, 0.717) is 0 Å². The van der Waals surface area contributed by atoms with Crippen LogP contribution < -0.4 is 16.0 Å². The summed E-state index contributed by atoms with van der Waals surface area (Å²) in [4.78, 5) is 8.46. The topological polar surface area (TPSA) is 70.6 Å². The highest BCUT2D eigenvalue weighted by molar-refractivity contribution is 5.79. The summed E-state index contributed by atoms with van der Waals surface area (Å²) < 4.78 is 5.32. The van der Waals surface area contributed by atoms with E-state index >= 15 is 0 Å². The summed E-state index contributed by atoms with van der Waals surface area (Å²) in [5.74, 6) is 1.81. The van der Waals surface area contributed by atoms with Gasteiger partial charge in [0.2, 0.25) is 0 Å². The molecule has 0 unspecified atom stereocenters. The van der Waals surface area contributed by atoms with Crippen LogP contribution in [0.4, 0.5) is 5.82 Å². The molecule has 0 saturated heterocycles. The molecule has 0 fully saturated rings. The van der Waals surface area contributed by atoms with Crippen molar-refractivity contribution in [3.05, 3.63) is 24.4 Å². The van der Waals surface area contributed by atoms with Gasteiger partial charge in [0.05, 0.1) is 0 Å². The Bertz CT molecular complexity index is 411. The van der Waals surface area contributed by atoms with Crippen molar-refractivity contribution in [2.45, 2.75) is 32.6 Å². The number of pyridine rings is 1. The van der Waals surface area contributed by atoms with E-state index < -0.39 is 0 Å². The summed E-state index contributed by atoms with van der Waals surface area (Å²) in [6.45, 7) is 6.44. The van der Waals surface area contributed by atoms with Gasteiger partial charge in [-0.15, -0.1) is 0 Å². The van der Waals surface area contributed by atoms with Gasteiger partial charge in [-0.2, -0.15) is 0 Å². The summed E-state index contributed by atoms with van der Waals surface area (Å²) in [5.41, 5.74) is 0. The predicted molar refractivity (Wildman–Crippen MR) is 97.1 cm³/mol. The Balaban J connectivity index is 1.96. The maximum atomic E-state index is 5.32. The average molecular weight is 321 g/mol. The summed E-state index contributed by atoms with van der Waals surface area (Å²) in [6, 6.07) is 5.89. The molecule has 1 aromatic rings. The quantitative estimate of drug-likeness (QED) is 0.313. The lowest BCUT2D eigenvalue weighted by Crippen LogP contribution is -2.38. The minimum atomic E-state index is 0.797. The molecule has 130 valence electrons. The summed E-state index contributed by atoms with van der Waals surface area (Å²) in [6.07, 6.45) is 6.15. The number of nitrogens with zero attached hydrogens (tertiary/aromatic N) is 2. The van der Waals surface area contributed by atoms with E-state index in [1.807, 2.05) is 25.1 Å². The maximum absolute atomic E-state index is 5.32. The first-order chi connectivity index (χ1) is 11.4. The number of rotatable bonds is 12. The smallest absolute Gasteiger partial charge is 0.190 e. The first kappa shape index (κ1) is 19.2. The van der Waals surface area contributed by atoms with E-state index in [-0.39, 0.29) is 0 Å². The van der Waals surface area contributed by atoms with Crippen LogP contribution in [0.25, 0.3) is 0 Å². The molecule has 0 atom stereocenters. The Morgan fingerprint density at radius 3 is 2.48 bits per heavy atom. The first-order valence-electron chi connectivity index (χ1n) is 8.54. The molecule has 0 saturated carbocycles. The van der Waals surface area contributed by atoms with Crippen molar-refractivity contribution in [1.29, 1.82) is 0 Å². The number of hydrogen-bond donors (Lipinski definition) is 3. The van der Waals surface area contributed by atoms with Crippen LogP contribution >= 0.6 is 0 Å². The van der Waals surface area contributed by atoms with E-state index in [1.165, 1.54) is 0 Å². The molecule has 1 rings (SSSR count). The van der Waals surface area contributed by atoms with Gasteiger partial charge >= 0.3 is 0 Å². The number of hydrogen-bond acceptors (Lipinski definition) is 4. The van der Waals surface area contributed by atoms with E-state index in [2.05, 4.69) is 25.9 Å². The Morgan fingerprint density at radius 1 is 1.09 bits per heavy atom. The molecule has 23 heavy (non-hydrogen) atoms. The average Bonchev–Trinajstić information content (AvgIpc) is 2.60. The van der Waals surface area contributed by atoms with Crippen LogP contribution in [0.3, 0.4) is 0 Å². The van der Waals surface area contributed by atoms with Crippen LogP contribution in [-0.4, -0.2) is 50.8 Å². The van der Waals surface area contributed by atoms with Crippen molar-refractivity contribution in [2.75, 3.05) is 45.2 Å². The normalized spacial score (nSPS) is 11.3. The summed E-state index contributed by atoms with van der Waals surface area (Å²) in [7, 11) is 1.80. The second-order valence-corrected chi connectivity index (χ2v) is 5.18. The van der Waals surface area contributed by atoms with E-state index in [0.717, 1.165) is 70.3 Å². The minimum Gasteiger partial charge on any atom is -0.382 e. The highest BCUT2D eigenvalue weighted by atomic mass is 16.5. The van der Waals surface area contributed by atoms with Crippen LogP contribution in [0.15, 0.2) is 29.4 Å². The van der Waals surface area contributed by atoms with Gasteiger partial charge < -0.3 is 20.7 Å². The lowest BCUT2D eigenvalue weighted by molar-refractivity contribution is 0.143. The van der Waals surface area contributed by atoms with Crippen LogP contribution in [0.2, 0.25) is 0 Å². The molecule has 0 spiro atoms. The molecule has 6 nitrogen and oxygen atoms in total. The number of unbranched alkanes of at least 4 members (excludes halogenated alkanes) is 2. The number of aromatic nitrogens is 1. The zero-order valence-corrected chi connectivity index (χ0v) is 14.5. The fraction of sp³-hybridized carbons (Fsp3) is 0.647. The van der Waals surface area contributed by atoms with Crippen molar-refractivity contribution >= 4 is 11.8 Å². The third-order valence-corrected chi connectivity index (χ3v) is 3.30. The van der Waals surface area contributed by atoms with E-state index in [1.54, 1.807) is 13.2 Å². The van der Waals surface area contributed by atoms with Crippen LogP contribution in [0.5, 0.6) is 0 Å². The number of guanidine groups is 1. The number of ether oxygens (including phenoxy) is 1. The largest absolute Gasteiger partial charge is 0.382 e. The van der Waals surface area contributed by atoms with E-state index in [4.69, 9.17) is 4.74 Å². The zero-order chi connectivity index (χ0) is 16.6. The Kier molecular flexibility index (Phi) is 11.5. The van der Waals surface area contributed by atoms with Crippen molar-refractivity contribution < 1.29 is 4.74 Å². The fourth-order valence-electron chi connectivity index (χ4n) is 2.04. The Morgan fingerprint density at radius 2 is 1.83 bits per heavy atom. The highest BCUT2D eigenvalue weighted by Crippen LogP contribution is 2.00. The van der Waals surface area contributed by atoms with Crippen molar-refractivity contribution in [3.63, 3.8) is 0 Å². The molecule has 0 bridgehead atoms. The summed E-state index contributed by atoms with van der Waals surface area (Å²) in [5, 5.41) is 9.96. The van der Waals surface area contributed by atoms with Gasteiger partial charge in [-0.25, -0.2) is 4.98 Å². The number of anilines is 1.